The second-order valence-electron chi connectivity index (χ2n) is 9.69. The number of hydrogen-bond donors (Lipinski definition) is 1. The number of aromatic nitrogens is 2. The largest absolute Gasteiger partial charge is 0.483 e. The highest BCUT2D eigenvalue weighted by Gasteiger charge is 2.53. The number of carboxylic acid groups (broad SMARTS) is 1. The lowest BCUT2D eigenvalue weighted by Crippen LogP contribution is -2.41. The third kappa shape index (κ3) is 4.88. The van der Waals surface area contributed by atoms with Gasteiger partial charge in [0.15, 0.2) is 0 Å². The summed E-state index contributed by atoms with van der Waals surface area (Å²) in [6.07, 6.45) is 9.80. The summed E-state index contributed by atoms with van der Waals surface area (Å²) in [5.41, 5.74) is 2.93. The van der Waals surface area contributed by atoms with Crippen molar-refractivity contribution in [3.63, 3.8) is 0 Å². The van der Waals surface area contributed by atoms with Crippen LogP contribution in [0.2, 0.25) is 0 Å². The van der Waals surface area contributed by atoms with Crippen LogP contribution in [0.5, 0.6) is 0 Å². The lowest BCUT2D eigenvalue weighted by molar-refractivity contribution is -0.137. The van der Waals surface area contributed by atoms with E-state index in [0.717, 1.165) is 52.0 Å². The third-order valence-electron chi connectivity index (χ3n) is 7.51. The van der Waals surface area contributed by atoms with Gasteiger partial charge in [-0.25, -0.2) is 0 Å². The Labute approximate surface area is 190 Å². The zero-order valence-electron chi connectivity index (χ0n) is 18.9. The van der Waals surface area contributed by atoms with Gasteiger partial charge in [-0.3, -0.25) is 19.2 Å². The molecule has 32 heavy (non-hydrogen) atoms. The molecule has 1 aromatic heterocycles. The van der Waals surface area contributed by atoms with E-state index in [2.05, 4.69) is 51.4 Å². The second-order valence-corrected chi connectivity index (χ2v) is 9.69. The molecule has 7 heteroatoms. The van der Waals surface area contributed by atoms with Gasteiger partial charge in [-0.05, 0) is 37.2 Å². The number of carbonyl (C=O) groups is 2. The van der Waals surface area contributed by atoms with Gasteiger partial charge in [0.25, 0.3) is 6.47 Å². The normalized spacial score (nSPS) is 25.0. The Bertz CT molecular complexity index is 911. The van der Waals surface area contributed by atoms with Gasteiger partial charge in [-0.15, -0.1) is 0 Å². The molecule has 0 radical (unpaired) electrons. The van der Waals surface area contributed by atoms with Gasteiger partial charge in [-0.2, -0.15) is 5.10 Å². The zero-order valence-corrected chi connectivity index (χ0v) is 18.9. The molecule has 1 saturated carbocycles. The average molecular weight is 439 g/mol. The maximum Gasteiger partial charge on any atom is 0.290 e. The summed E-state index contributed by atoms with van der Waals surface area (Å²) >= 11 is 0. The first-order valence-electron chi connectivity index (χ1n) is 11.6. The number of likely N-dealkylation sites (tertiary alicyclic amines) is 2. The first-order valence-corrected chi connectivity index (χ1v) is 11.6. The van der Waals surface area contributed by atoms with Crippen molar-refractivity contribution in [3.8, 4) is 0 Å². The fraction of sp³-hybridized carbons (Fsp3) is 0.560. The maximum absolute atomic E-state index is 13.0. The highest BCUT2D eigenvalue weighted by atomic mass is 16.3. The summed E-state index contributed by atoms with van der Waals surface area (Å²) < 4.78 is 1.89. The molecule has 172 valence electrons. The quantitative estimate of drug-likeness (QED) is 0.702. The summed E-state index contributed by atoms with van der Waals surface area (Å²) in [6, 6.07) is 10.8. The van der Waals surface area contributed by atoms with E-state index in [0.29, 0.717) is 17.7 Å². The van der Waals surface area contributed by atoms with Gasteiger partial charge < -0.3 is 10.0 Å². The van der Waals surface area contributed by atoms with Crippen LogP contribution in [-0.4, -0.2) is 63.2 Å². The van der Waals surface area contributed by atoms with Crippen molar-refractivity contribution in [2.24, 2.45) is 24.3 Å². The smallest absolute Gasteiger partial charge is 0.290 e. The van der Waals surface area contributed by atoms with Crippen LogP contribution in [0, 0.1) is 17.3 Å². The molecular formula is C25H34N4O3. The van der Waals surface area contributed by atoms with Gasteiger partial charge in [0.2, 0.25) is 5.91 Å². The molecule has 3 heterocycles. The van der Waals surface area contributed by atoms with Crippen molar-refractivity contribution in [1.29, 1.82) is 0 Å². The van der Waals surface area contributed by atoms with Crippen LogP contribution in [0.3, 0.4) is 0 Å². The molecule has 3 aliphatic rings. The van der Waals surface area contributed by atoms with Crippen molar-refractivity contribution in [2.45, 2.75) is 38.6 Å². The molecule has 2 aliphatic heterocycles. The van der Waals surface area contributed by atoms with Gasteiger partial charge in [0.05, 0.1) is 6.20 Å². The van der Waals surface area contributed by atoms with Crippen molar-refractivity contribution in [2.75, 3.05) is 26.2 Å². The van der Waals surface area contributed by atoms with Gasteiger partial charge in [-0.1, -0.05) is 36.8 Å². The molecule has 2 atom stereocenters. The van der Waals surface area contributed by atoms with Gasteiger partial charge >= 0.3 is 0 Å². The molecule has 3 fully saturated rings. The van der Waals surface area contributed by atoms with Crippen molar-refractivity contribution < 1.29 is 14.7 Å². The van der Waals surface area contributed by atoms with E-state index in [1.165, 1.54) is 24.0 Å². The van der Waals surface area contributed by atoms with Crippen LogP contribution in [-0.2, 0) is 29.6 Å². The molecule has 2 saturated heterocycles. The number of fused-ring (bicyclic) bond motifs is 1. The Hall–Kier alpha value is -2.67. The van der Waals surface area contributed by atoms with Crippen molar-refractivity contribution >= 4 is 12.4 Å². The SMILES string of the molecule is Cn1cc(CN2CC3CN(C(=O)C4CCC4)CC3(CCc3ccccc3)C2)cn1.O=CO. The van der Waals surface area contributed by atoms with E-state index < -0.39 is 0 Å². The molecule has 5 rings (SSSR count). The van der Waals surface area contributed by atoms with E-state index >= 15 is 0 Å². The molecule has 7 nitrogen and oxygen atoms in total. The number of benzene rings is 1. The first kappa shape index (κ1) is 22.5. The number of aryl methyl sites for hydroxylation is 2. The van der Waals surface area contributed by atoms with Crippen molar-refractivity contribution in [3.05, 3.63) is 53.9 Å². The number of amides is 1. The van der Waals surface area contributed by atoms with Crippen LogP contribution in [0.4, 0.5) is 0 Å². The molecule has 2 aromatic rings. The molecule has 0 bridgehead atoms. The topological polar surface area (TPSA) is 78.7 Å². The number of carbonyl (C=O) groups excluding carboxylic acids is 1. The lowest BCUT2D eigenvalue weighted by Gasteiger charge is -2.32. The predicted octanol–water partition coefficient (Wildman–Crippen LogP) is 2.81. The van der Waals surface area contributed by atoms with E-state index in [1.807, 2.05) is 17.9 Å². The van der Waals surface area contributed by atoms with Crippen LogP contribution >= 0.6 is 0 Å². The Morgan fingerprint density at radius 3 is 2.56 bits per heavy atom. The molecule has 0 spiro atoms. The molecule has 1 N–H and O–H groups in total. The van der Waals surface area contributed by atoms with Gasteiger partial charge in [0.1, 0.15) is 0 Å². The fourth-order valence-corrected chi connectivity index (χ4v) is 5.70. The Morgan fingerprint density at radius 1 is 1.19 bits per heavy atom. The standard InChI is InChI=1S/C24H32N4O.CH2O2/c1-26-13-20(12-25-26)14-27-15-22-16-28(23(29)21-8-5-9-21)18-24(22,17-27)11-10-19-6-3-2-4-7-19;2-1-3/h2-4,6-7,12-13,21-22H,5,8-11,14-18H2,1H3;1H,(H,2,3). The third-order valence-corrected chi connectivity index (χ3v) is 7.51. The predicted molar refractivity (Wildman–Crippen MR) is 122 cm³/mol. The average Bonchev–Trinajstić information content (AvgIpc) is 3.39. The summed E-state index contributed by atoms with van der Waals surface area (Å²) in [4.78, 5) is 26.1. The Morgan fingerprint density at radius 2 is 1.94 bits per heavy atom. The minimum atomic E-state index is -0.250. The number of rotatable bonds is 6. The molecular weight excluding hydrogens is 404 g/mol. The van der Waals surface area contributed by atoms with Crippen LogP contribution in [0.15, 0.2) is 42.7 Å². The summed E-state index contributed by atoms with van der Waals surface area (Å²) in [5, 5.41) is 11.2. The molecule has 1 aromatic carbocycles. The highest BCUT2D eigenvalue weighted by molar-refractivity contribution is 5.80. The molecule has 1 aliphatic carbocycles. The van der Waals surface area contributed by atoms with Crippen LogP contribution < -0.4 is 0 Å². The number of hydrogen-bond acceptors (Lipinski definition) is 4. The molecule has 2 unspecified atom stereocenters. The van der Waals surface area contributed by atoms with E-state index in [-0.39, 0.29) is 11.9 Å². The van der Waals surface area contributed by atoms with E-state index in [4.69, 9.17) is 9.90 Å². The Balaban J connectivity index is 0.000000775. The maximum atomic E-state index is 13.0. The highest BCUT2D eigenvalue weighted by Crippen LogP contribution is 2.47. The van der Waals surface area contributed by atoms with Gasteiger partial charge in [0, 0.05) is 62.9 Å². The van der Waals surface area contributed by atoms with Crippen molar-refractivity contribution in [1.82, 2.24) is 19.6 Å². The number of nitrogens with zero attached hydrogens (tertiary/aromatic N) is 4. The summed E-state index contributed by atoms with van der Waals surface area (Å²) in [6.45, 7) is 4.80. The fourth-order valence-electron chi connectivity index (χ4n) is 5.70. The minimum Gasteiger partial charge on any atom is -0.483 e. The summed E-state index contributed by atoms with van der Waals surface area (Å²) in [5.74, 6) is 1.34. The minimum absolute atomic E-state index is 0.234. The lowest BCUT2D eigenvalue weighted by atomic mass is 9.76. The first-order chi connectivity index (χ1) is 15.5. The van der Waals surface area contributed by atoms with Crippen LogP contribution in [0.25, 0.3) is 0 Å². The zero-order chi connectivity index (χ0) is 22.6. The van der Waals surface area contributed by atoms with E-state index in [1.54, 1.807) is 0 Å². The molecule has 1 amide bonds. The summed E-state index contributed by atoms with van der Waals surface area (Å²) in [7, 11) is 1.98. The Kier molecular flexibility index (Phi) is 6.94. The van der Waals surface area contributed by atoms with E-state index in [9.17, 15) is 4.79 Å². The monoisotopic (exact) mass is 438 g/mol. The van der Waals surface area contributed by atoms with Crippen LogP contribution in [0.1, 0.15) is 36.8 Å². The second kappa shape index (κ2) is 9.86.